The third-order valence-corrected chi connectivity index (χ3v) is 10.8. The monoisotopic (exact) mass is 642 g/mol. The number of aryl methyl sites for hydroxylation is 1. The van der Waals surface area contributed by atoms with Gasteiger partial charge in [0, 0.05) is 5.41 Å². The van der Waals surface area contributed by atoms with Gasteiger partial charge in [0.25, 0.3) is 5.82 Å². The van der Waals surface area contributed by atoms with E-state index in [1.165, 1.54) is 165 Å². The number of aromatic nitrogens is 2. The lowest BCUT2D eigenvalue weighted by Crippen LogP contribution is -2.43. The van der Waals surface area contributed by atoms with Gasteiger partial charge in [-0.2, -0.15) is 0 Å². The van der Waals surface area contributed by atoms with Crippen LogP contribution in [-0.4, -0.2) is 4.98 Å². The molecule has 3 rings (SSSR count). The lowest BCUT2D eigenvalue weighted by atomic mass is 9.66. The van der Waals surface area contributed by atoms with Crippen molar-refractivity contribution in [2.24, 2.45) is 0 Å². The van der Waals surface area contributed by atoms with Gasteiger partial charge in [-0.25, -0.2) is 9.55 Å². The first-order valence-electron chi connectivity index (χ1n) is 20.3. The summed E-state index contributed by atoms with van der Waals surface area (Å²) in [6, 6.07) is 22.6. The van der Waals surface area contributed by atoms with Crippen molar-refractivity contribution in [3.05, 3.63) is 90.0 Å². The Morgan fingerprint density at radius 1 is 0.553 bits per heavy atom. The van der Waals surface area contributed by atoms with Gasteiger partial charge in [0.15, 0.2) is 0 Å². The summed E-state index contributed by atoms with van der Waals surface area (Å²) in [4.78, 5) is 3.80. The third-order valence-electron chi connectivity index (χ3n) is 10.8. The second-order valence-corrected chi connectivity index (χ2v) is 14.9. The highest BCUT2D eigenvalue weighted by molar-refractivity contribution is 5.32. The molecule has 2 aromatic carbocycles. The Kier molecular flexibility index (Phi) is 20.6. The van der Waals surface area contributed by atoms with Crippen LogP contribution in [0, 0.1) is 0 Å². The normalized spacial score (nSPS) is 13.5. The zero-order valence-electron chi connectivity index (χ0n) is 31.1. The van der Waals surface area contributed by atoms with Gasteiger partial charge in [-0.05, 0) is 36.8 Å². The smallest absolute Gasteiger partial charge is 0.247 e. The van der Waals surface area contributed by atoms with Gasteiger partial charge >= 0.3 is 0 Å². The standard InChI is InChI=1S/C45H72N2/c1-4-6-8-10-12-13-14-15-16-17-18-19-20-21-22-30-36-43(44-46-37-39-47(44)38-31-23-11-9-7-5-2)45(3,42-34-28-25-29-35-42)40-41-32-26-24-27-33-41/h24-29,32-35,37,39,43H,4-23,30-31,36,38,40H2,1-3H3/p+1. The summed E-state index contributed by atoms with van der Waals surface area (Å²) in [5.74, 6) is 1.87. The van der Waals surface area contributed by atoms with Gasteiger partial charge in [0.1, 0.15) is 12.4 Å². The summed E-state index contributed by atoms with van der Waals surface area (Å²) in [5.41, 5.74) is 2.90. The van der Waals surface area contributed by atoms with Crippen molar-refractivity contribution in [2.75, 3.05) is 0 Å². The molecule has 0 fully saturated rings. The minimum Gasteiger partial charge on any atom is -0.247 e. The number of nitrogens with one attached hydrogen (secondary N) is 1. The van der Waals surface area contributed by atoms with Crippen molar-refractivity contribution in [2.45, 2.75) is 193 Å². The van der Waals surface area contributed by atoms with Gasteiger partial charge in [-0.3, -0.25) is 0 Å². The molecule has 1 heterocycles. The zero-order chi connectivity index (χ0) is 33.3. The van der Waals surface area contributed by atoms with Gasteiger partial charge in [-0.1, -0.05) is 210 Å². The summed E-state index contributed by atoms with van der Waals surface area (Å²) in [6.07, 6.45) is 37.5. The molecule has 0 spiro atoms. The molecular weight excluding hydrogens is 569 g/mol. The maximum atomic E-state index is 3.80. The highest BCUT2D eigenvalue weighted by atomic mass is 15.1. The molecule has 0 bridgehead atoms. The number of nitrogens with zero attached hydrogens (tertiary/aromatic N) is 1. The molecule has 1 N–H and O–H groups in total. The van der Waals surface area contributed by atoms with E-state index in [0.717, 1.165) is 13.0 Å². The van der Waals surface area contributed by atoms with E-state index < -0.39 is 0 Å². The largest absolute Gasteiger partial charge is 0.258 e. The van der Waals surface area contributed by atoms with E-state index in [1.54, 1.807) is 0 Å². The fourth-order valence-corrected chi connectivity index (χ4v) is 7.85. The summed E-state index contributed by atoms with van der Waals surface area (Å²) < 4.78 is 2.57. The molecule has 47 heavy (non-hydrogen) atoms. The average molecular weight is 642 g/mol. The van der Waals surface area contributed by atoms with Crippen LogP contribution >= 0.6 is 0 Å². The van der Waals surface area contributed by atoms with Gasteiger partial charge < -0.3 is 0 Å². The van der Waals surface area contributed by atoms with E-state index in [4.69, 9.17) is 0 Å². The SMILES string of the molecule is CCCCCCCCCCCCCCCCCCC(c1[nH]cc[n+]1CCCCCCCC)C(C)(Cc1ccccc1)c1ccccc1. The molecule has 2 heteroatoms. The molecule has 0 saturated carbocycles. The summed E-state index contributed by atoms with van der Waals surface area (Å²) >= 11 is 0. The second-order valence-electron chi connectivity index (χ2n) is 14.9. The molecule has 0 amide bonds. The van der Waals surface area contributed by atoms with E-state index in [1.807, 2.05) is 0 Å². The first kappa shape index (κ1) is 39.1. The summed E-state index contributed by atoms with van der Waals surface area (Å²) in [7, 11) is 0. The Bertz CT molecular complexity index is 1120. The number of hydrogen-bond donors (Lipinski definition) is 1. The van der Waals surface area contributed by atoms with Crippen LogP contribution in [0.3, 0.4) is 0 Å². The zero-order valence-corrected chi connectivity index (χ0v) is 31.1. The highest BCUT2D eigenvalue weighted by Crippen LogP contribution is 2.43. The molecule has 3 aromatic rings. The number of aromatic amines is 1. The topological polar surface area (TPSA) is 19.7 Å². The minimum atomic E-state index is 0.00580. The Morgan fingerprint density at radius 3 is 1.51 bits per heavy atom. The van der Waals surface area contributed by atoms with Crippen LogP contribution in [0.25, 0.3) is 0 Å². The van der Waals surface area contributed by atoms with Crippen LogP contribution in [0.2, 0.25) is 0 Å². The average Bonchev–Trinajstić information content (AvgIpc) is 3.56. The van der Waals surface area contributed by atoms with Crippen LogP contribution in [0.1, 0.15) is 191 Å². The van der Waals surface area contributed by atoms with E-state index in [0.29, 0.717) is 5.92 Å². The molecule has 262 valence electrons. The molecule has 2 unspecified atom stereocenters. The van der Waals surface area contributed by atoms with E-state index in [9.17, 15) is 0 Å². The molecule has 2 atom stereocenters. The van der Waals surface area contributed by atoms with Crippen molar-refractivity contribution in [3.8, 4) is 0 Å². The predicted molar refractivity (Wildman–Crippen MR) is 205 cm³/mol. The van der Waals surface area contributed by atoms with Crippen LogP contribution in [0.4, 0.5) is 0 Å². The molecule has 0 saturated heterocycles. The number of imidazole rings is 1. The Morgan fingerprint density at radius 2 is 1.00 bits per heavy atom. The van der Waals surface area contributed by atoms with Crippen LogP contribution in [-0.2, 0) is 18.4 Å². The molecule has 0 radical (unpaired) electrons. The van der Waals surface area contributed by atoms with Crippen molar-refractivity contribution in [1.29, 1.82) is 0 Å². The number of H-pyrrole nitrogens is 1. The quantitative estimate of drug-likeness (QED) is 0.0575. The second kappa shape index (κ2) is 24.7. The first-order valence-corrected chi connectivity index (χ1v) is 20.3. The van der Waals surface area contributed by atoms with Crippen LogP contribution in [0.5, 0.6) is 0 Å². The van der Waals surface area contributed by atoms with E-state index in [2.05, 4.69) is 103 Å². The predicted octanol–water partition coefficient (Wildman–Crippen LogP) is 13.6. The maximum Gasteiger partial charge on any atom is 0.258 e. The fourth-order valence-electron chi connectivity index (χ4n) is 7.85. The van der Waals surface area contributed by atoms with E-state index in [-0.39, 0.29) is 5.41 Å². The molecular formula is C45H73N2+. The molecule has 1 aromatic heterocycles. The van der Waals surface area contributed by atoms with Gasteiger partial charge in [0.05, 0.1) is 12.5 Å². The first-order chi connectivity index (χ1) is 23.2. The van der Waals surface area contributed by atoms with Gasteiger partial charge in [-0.15, -0.1) is 0 Å². The Hall–Kier alpha value is -2.35. The van der Waals surface area contributed by atoms with Crippen molar-refractivity contribution in [3.63, 3.8) is 0 Å². The van der Waals surface area contributed by atoms with Crippen molar-refractivity contribution in [1.82, 2.24) is 4.98 Å². The lowest BCUT2D eigenvalue weighted by molar-refractivity contribution is -0.705. The van der Waals surface area contributed by atoms with Crippen LogP contribution < -0.4 is 4.57 Å². The highest BCUT2D eigenvalue weighted by Gasteiger charge is 2.41. The Labute approximate surface area is 291 Å². The minimum absolute atomic E-state index is 0.00580. The Balaban J connectivity index is 1.55. The molecule has 0 aliphatic carbocycles. The lowest BCUT2D eigenvalue weighted by Gasteiger charge is -2.37. The molecule has 0 aliphatic heterocycles. The van der Waals surface area contributed by atoms with E-state index >= 15 is 0 Å². The number of rotatable bonds is 29. The van der Waals surface area contributed by atoms with Crippen molar-refractivity contribution < 1.29 is 4.57 Å². The third kappa shape index (κ3) is 15.2. The summed E-state index contributed by atoms with van der Waals surface area (Å²) in [5, 5.41) is 0. The molecule has 0 aliphatic rings. The van der Waals surface area contributed by atoms with Crippen molar-refractivity contribution >= 4 is 0 Å². The number of hydrogen-bond acceptors (Lipinski definition) is 0. The number of unbranched alkanes of at least 4 members (excludes halogenated alkanes) is 20. The van der Waals surface area contributed by atoms with Crippen LogP contribution in [0.15, 0.2) is 73.1 Å². The molecule has 2 nitrogen and oxygen atoms in total. The van der Waals surface area contributed by atoms with Gasteiger partial charge in [0.2, 0.25) is 0 Å². The fraction of sp³-hybridized carbons (Fsp3) is 0.667. The summed E-state index contributed by atoms with van der Waals surface area (Å²) in [6.45, 7) is 8.28. The number of benzene rings is 2. The maximum absolute atomic E-state index is 3.80.